The largest absolute Gasteiger partial charge is 0.453 e. The van der Waals surface area contributed by atoms with Crippen molar-refractivity contribution in [3.8, 4) is 0 Å². The maximum absolute atomic E-state index is 14.8. The Morgan fingerprint density at radius 2 is 1.48 bits per heavy atom. The van der Waals surface area contributed by atoms with E-state index >= 15 is 0 Å². The highest BCUT2D eigenvalue weighted by molar-refractivity contribution is 5.91. The number of fused-ring (bicyclic) bond motifs is 1. The summed E-state index contributed by atoms with van der Waals surface area (Å²) in [6.45, 7) is 3.34. The standard InChI is InChI=1S/C26H24F10N2O4/c1-12(2)42-23(40)38-13(3)5-20(17-9-19(27)18(10-21(17)38)26(34,35)36)37(22(39)41-4)11-14-6-15(24(28,29)30)8-16(7-14)25(31,32)33/h6-10,12-13,20H,5,11H2,1-4H3/t13-,20+/m1/s1. The molecule has 3 rings (SSSR count). The van der Waals surface area contributed by atoms with Gasteiger partial charge < -0.3 is 9.47 Å². The molecule has 0 N–H and O–H groups in total. The molecule has 1 heterocycles. The number of benzene rings is 2. The molecule has 2 atom stereocenters. The summed E-state index contributed by atoms with van der Waals surface area (Å²) >= 11 is 0. The van der Waals surface area contributed by atoms with Gasteiger partial charge in [-0.15, -0.1) is 0 Å². The number of halogens is 10. The Morgan fingerprint density at radius 3 is 1.93 bits per heavy atom. The van der Waals surface area contributed by atoms with Gasteiger partial charge in [0.2, 0.25) is 0 Å². The van der Waals surface area contributed by atoms with Gasteiger partial charge >= 0.3 is 30.7 Å². The summed E-state index contributed by atoms with van der Waals surface area (Å²) in [5.41, 5.74) is -6.64. The summed E-state index contributed by atoms with van der Waals surface area (Å²) in [6, 6.07) is -1.12. The molecule has 0 saturated carbocycles. The lowest BCUT2D eigenvalue weighted by atomic mass is 9.89. The number of rotatable bonds is 4. The molecule has 232 valence electrons. The van der Waals surface area contributed by atoms with Gasteiger partial charge in [-0.2, -0.15) is 39.5 Å². The normalized spacial score (nSPS) is 17.6. The number of hydrogen-bond acceptors (Lipinski definition) is 4. The number of amides is 2. The minimum atomic E-state index is -5.21. The van der Waals surface area contributed by atoms with Crippen molar-refractivity contribution in [2.24, 2.45) is 0 Å². The van der Waals surface area contributed by atoms with Crippen LogP contribution in [0.4, 0.5) is 59.2 Å². The molecule has 2 aromatic rings. The molecule has 0 aromatic heterocycles. The third-order valence-electron chi connectivity index (χ3n) is 6.36. The maximum atomic E-state index is 14.8. The van der Waals surface area contributed by atoms with Crippen LogP contribution in [-0.2, 0) is 34.5 Å². The van der Waals surface area contributed by atoms with E-state index in [0.717, 1.165) is 12.0 Å². The van der Waals surface area contributed by atoms with Crippen LogP contribution in [0.15, 0.2) is 30.3 Å². The highest BCUT2D eigenvalue weighted by atomic mass is 19.4. The summed E-state index contributed by atoms with van der Waals surface area (Å²) in [6.07, 6.45) is -19.1. The Balaban J connectivity index is 2.23. The highest BCUT2D eigenvalue weighted by Gasteiger charge is 2.44. The van der Waals surface area contributed by atoms with E-state index in [2.05, 4.69) is 4.74 Å². The van der Waals surface area contributed by atoms with Crippen molar-refractivity contribution in [1.82, 2.24) is 4.90 Å². The smallest absolute Gasteiger partial charge is 0.419 e. The number of ether oxygens (including phenoxy) is 2. The summed E-state index contributed by atoms with van der Waals surface area (Å²) in [5, 5.41) is 0. The summed E-state index contributed by atoms with van der Waals surface area (Å²) < 4.78 is 146. The molecule has 0 radical (unpaired) electrons. The van der Waals surface area contributed by atoms with Crippen LogP contribution in [-0.4, -0.2) is 36.3 Å². The van der Waals surface area contributed by atoms with Crippen LogP contribution in [0, 0.1) is 5.82 Å². The van der Waals surface area contributed by atoms with Crippen LogP contribution in [0.3, 0.4) is 0 Å². The summed E-state index contributed by atoms with van der Waals surface area (Å²) in [4.78, 5) is 27.2. The van der Waals surface area contributed by atoms with Crippen molar-refractivity contribution in [2.75, 3.05) is 12.0 Å². The van der Waals surface area contributed by atoms with Gasteiger partial charge in [-0.25, -0.2) is 14.0 Å². The van der Waals surface area contributed by atoms with Crippen molar-refractivity contribution in [1.29, 1.82) is 0 Å². The first kappa shape index (κ1) is 32.8. The highest BCUT2D eigenvalue weighted by Crippen LogP contribution is 2.46. The lowest BCUT2D eigenvalue weighted by molar-refractivity contribution is -0.143. The number of anilines is 1. The zero-order valence-electron chi connectivity index (χ0n) is 22.3. The van der Waals surface area contributed by atoms with Crippen LogP contribution in [0.5, 0.6) is 0 Å². The van der Waals surface area contributed by atoms with Crippen molar-refractivity contribution in [3.05, 3.63) is 64.0 Å². The van der Waals surface area contributed by atoms with E-state index in [-0.39, 0.29) is 18.1 Å². The molecule has 1 aliphatic rings. The van der Waals surface area contributed by atoms with Crippen LogP contribution >= 0.6 is 0 Å². The number of methoxy groups -OCH3 is 1. The predicted molar refractivity (Wildman–Crippen MR) is 127 cm³/mol. The molecule has 0 spiro atoms. The number of alkyl halides is 9. The molecule has 0 saturated heterocycles. The topological polar surface area (TPSA) is 59.1 Å². The molecule has 0 unspecified atom stereocenters. The van der Waals surface area contributed by atoms with E-state index in [1.54, 1.807) is 0 Å². The van der Waals surface area contributed by atoms with Gasteiger partial charge in [-0.1, -0.05) is 0 Å². The number of carbonyl (C=O) groups excluding carboxylic acids is 2. The second-order valence-corrected chi connectivity index (χ2v) is 9.80. The fourth-order valence-corrected chi connectivity index (χ4v) is 4.62. The average Bonchev–Trinajstić information content (AvgIpc) is 2.84. The van der Waals surface area contributed by atoms with E-state index in [0.29, 0.717) is 29.2 Å². The van der Waals surface area contributed by atoms with Gasteiger partial charge in [0.25, 0.3) is 0 Å². The van der Waals surface area contributed by atoms with Crippen molar-refractivity contribution < 1.29 is 63.0 Å². The van der Waals surface area contributed by atoms with E-state index in [1.165, 1.54) is 20.8 Å². The fraction of sp³-hybridized carbons (Fsp3) is 0.462. The zero-order chi connectivity index (χ0) is 31.9. The van der Waals surface area contributed by atoms with Gasteiger partial charge in [0.15, 0.2) is 0 Å². The van der Waals surface area contributed by atoms with Gasteiger partial charge in [-0.05, 0) is 63.1 Å². The predicted octanol–water partition coefficient (Wildman–Crippen LogP) is 8.34. The van der Waals surface area contributed by atoms with Crippen molar-refractivity contribution >= 4 is 17.9 Å². The van der Waals surface area contributed by atoms with Crippen LogP contribution < -0.4 is 4.90 Å². The Bertz CT molecular complexity index is 1310. The third kappa shape index (κ3) is 7.01. The first-order valence-electron chi connectivity index (χ1n) is 12.2. The third-order valence-corrected chi connectivity index (χ3v) is 6.36. The molecule has 0 aliphatic carbocycles. The first-order chi connectivity index (χ1) is 19.1. The van der Waals surface area contributed by atoms with Crippen LogP contribution in [0.25, 0.3) is 0 Å². The minimum absolute atomic E-state index is 0.115. The van der Waals surface area contributed by atoms with Gasteiger partial charge in [0.05, 0.1) is 41.6 Å². The number of hydrogen-bond donors (Lipinski definition) is 0. The van der Waals surface area contributed by atoms with Crippen LogP contribution in [0.2, 0.25) is 0 Å². The zero-order valence-corrected chi connectivity index (χ0v) is 22.3. The second kappa shape index (κ2) is 11.5. The van der Waals surface area contributed by atoms with Crippen molar-refractivity contribution in [3.63, 3.8) is 0 Å². The lowest BCUT2D eigenvalue weighted by Gasteiger charge is -2.43. The first-order valence-corrected chi connectivity index (χ1v) is 12.2. The Kier molecular flexibility index (Phi) is 8.99. The average molecular weight is 618 g/mol. The van der Waals surface area contributed by atoms with Crippen molar-refractivity contribution in [2.45, 2.75) is 70.5 Å². The number of carbonyl (C=O) groups is 2. The molecule has 0 fully saturated rings. The quantitative estimate of drug-likeness (QED) is 0.324. The summed E-state index contributed by atoms with van der Waals surface area (Å²) in [7, 11) is 0.857. The van der Waals surface area contributed by atoms with E-state index in [4.69, 9.17) is 4.74 Å². The second-order valence-electron chi connectivity index (χ2n) is 9.80. The van der Waals surface area contributed by atoms with Gasteiger partial charge in [-0.3, -0.25) is 9.80 Å². The molecule has 42 heavy (non-hydrogen) atoms. The Labute approximate surface area is 232 Å². The maximum Gasteiger partial charge on any atom is 0.419 e. The SMILES string of the molecule is COC(=O)N(Cc1cc(C(F)(F)F)cc(C(F)(F)F)c1)[C@H]1C[C@@H](C)N(C(=O)OC(C)C)c2cc(C(F)(F)F)c(F)cc21. The van der Waals surface area contributed by atoms with E-state index < -0.39 is 89.2 Å². The molecule has 6 nitrogen and oxygen atoms in total. The Morgan fingerprint density at radius 1 is 0.929 bits per heavy atom. The van der Waals surface area contributed by atoms with E-state index in [1.807, 2.05) is 0 Å². The molecule has 2 aromatic carbocycles. The molecular formula is C26H24F10N2O4. The molecule has 2 amide bonds. The molecule has 1 aliphatic heterocycles. The minimum Gasteiger partial charge on any atom is -0.453 e. The van der Waals surface area contributed by atoms with E-state index in [9.17, 15) is 53.5 Å². The monoisotopic (exact) mass is 618 g/mol. The molecule has 0 bridgehead atoms. The molecular weight excluding hydrogens is 594 g/mol. The molecule has 16 heteroatoms. The van der Waals surface area contributed by atoms with Gasteiger partial charge in [0, 0.05) is 18.2 Å². The fourth-order valence-electron chi connectivity index (χ4n) is 4.62. The lowest BCUT2D eigenvalue weighted by Crippen LogP contribution is -2.48. The van der Waals surface area contributed by atoms with Gasteiger partial charge in [0.1, 0.15) is 5.82 Å². The number of nitrogens with zero attached hydrogens (tertiary/aromatic N) is 2. The Hall–Kier alpha value is -3.72. The van der Waals surface area contributed by atoms with Crippen LogP contribution in [0.1, 0.15) is 61.1 Å². The summed E-state index contributed by atoms with van der Waals surface area (Å²) in [5.74, 6) is -1.79.